The summed E-state index contributed by atoms with van der Waals surface area (Å²) in [5, 5.41) is 3.62. The largest absolute Gasteiger partial charge is 0.306 e. The topological polar surface area (TPSA) is 12.0 Å². The molecule has 0 aliphatic heterocycles. The van der Waals surface area contributed by atoms with E-state index in [9.17, 15) is 0 Å². The molecule has 0 aliphatic carbocycles. The molecule has 0 heterocycles. The van der Waals surface area contributed by atoms with E-state index < -0.39 is 0 Å². The monoisotopic (exact) mass is 253 g/mol. The third-order valence-corrected chi connectivity index (χ3v) is 3.75. The van der Waals surface area contributed by atoms with Gasteiger partial charge in [0, 0.05) is 12.6 Å². The zero-order valence-corrected chi connectivity index (χ0v) is 12.3. The number of nitrogens with one attached hydrogen (secondary N) is 1. The van der Waals surface area contributed by atoms with Crippen LogP contribution in [0.4, 0.5) is 0 Å². The van der Waals surface area contributed by atoms with E-state index in [4.69, 9.17) is 0 Å². The summed E-state index contributed by atoms with van der Waals surface area (Å²) in [5.74, 6) is 0. The Bertz CT molecular complexity index is 557. The first-order valence-electron chi connectivity index (χ1n) is 6.93. The maximum atomic E-state index is 3.62. The van der Waals surface area contributed by atoms with E-state index in [-0.39, 0.29) is 0 Å². The highest BCUT2D eigenvalue weighted by Crippen LogP contribution is 2.18. The predicted octanol–water partition coefficient (Wildman–Crippen LogP) is 4.46. The first-order valence-corrected chi connectivity index (χ1v) is 6.93. The lowest BCUT2D eigenvalue weighted by Crippen LogP contribution is -2.19. The van der Waals surface area contributed by atoms with E-state index in [1.807, 2.05) is 0 Å². The molecule has 1 atom stereocenters. The van der Waals surface area contributed by atoms with Crippen molar-refractivity contribution in [3.63, 3.8) is 0 Å². The molecule has 0 aliphatic rings. The average Bonchev–Trinajstić information content (AvgIpc) is 2.38. The molecule has 0 amide bonds. The molecule has 0 aromatic heterocycles. The van der Waals surface area contributed by atoms with Gasteiger partial charge in [-0.3, -0.25) is 0 Å². The van der Waals surface area contributed by atoms with Gasteiger partial charge in [0.1, 0.15) is 0 Å². The summed E-state index contributed by atoms with van der Waals surface area (Å²) in [5.41, 5.74) is 6.80. The maximum absolute atomic E-state index is 3.62. The normalized spacial score (nSPS) is 12.4. The van der Waals surface area contributed by atoms with Gasteiger partial charge in [-0.15, -0.1) is 0 Å². The van der Waals surface area contributed by atoms with E-state index in [1.54, 1.807) is 0 Å². The van der Waals surface area contributed by atoms with Gasteiger partial charge >= 0.3 is 0 Å². The zero-order chi connectivity index (χ0) is 13.8. The fourth-order valence-corrected chi connectivity index (χ4v) is 2.49. The molecule has 1 nitrogen and oxygen atoms in total. The van der Waals surface area contributed by atoms with Crippen LogP contribution < -0.4 is 5.32 Å². The lowest BCUT2D eigenvalue weighted by Gasteiger charge is -2.17. The maximum Gasteiger partial charge on any atom is 0.0297 e. The molecule has 0 saturated heterocycles. The summed E-state index contributed by atoms with van der Waals surface area (Å²) >= 11 is 0. The van der Waals surface area contributed by atoms with Gasteiger partial charge in [-0.2, -0.15) is 0 Å². The fraction of sp³-hybridized carbons (Fsp3) is 0.333. The molecule has 2 rings (SSSR count). The predicted molar refractivity (Wildman–Crippen MR) is 82.3 cm³/mol. The first-order chi connectivity index (χ1) is 9.08. The number of hydrogen-bond donors (Lipinski definition) is 1. The highest BCUT2D eigenvalue weighted by atomic mass is 14.9. The van der Waals surface area contributed by atoms with Crippen molar-refractivity contribution in [1.82, 2.24) is 5.32 Å². The highest BCUT2D eigenvalue weighted by molar-refractivity contribution is 5.31. The third kappa shape index (κ3) is 3.45. The van der Waals surface area contributed by atoms with Gasteiger partial charge < -0.3 is 5.32 Å². The van der Waals surface area contributed by atoms with Crippen molar-refractivity contribution in [3.8, 4) is 0 Å². The summed E-state index contributed by atoms with van der Waals surface area (Å²) in [4.78, 5) is 0. The Kier molecular flexibility index (Phi) is 4.39. The molecule has 0 spiro atoms. The Morgan fingerprint density at radius 3 is 2.37 bits per heavy atom. The Labute approximate surface area is 116 Å². The summed E-state index contributed by atoms with van der Waals surface area (Å²) in [7, 11) is 0. The van der Waals surface area contributed by atoms with Crippen LogP contribution in [0.2, 0.25) is 0 Å². The minimum atomic E-state index is 0.377. The van der Waals surface area contributed by atoms with E-state index in [0.29, 0.717) is 6.04 Å². The molecule has 0 saturated carbocycles. The Hall–Kier alpha value is -1.60. The summed E-state index contributed by atoms with van der Waals surface area (Å²) in [6.45, 7) is 9.64. The summed E-state index contributed by atoms with van der Waals surface area (Å²) < 4.78 is 0. The van der Waals surface area contributed by atoms with Crippen LogP contribution in [0.15, 0.2) is 42.5 Å². The molecule has 0 unspecified atom stereocenters. The van der Waals surface area contributed by atoms with Crippen molar-refractivity contribution < 1.29 is 0 Å². The molecule has 19 heavy (non-hydrogen) atoms. The second kappa shape index (κ2) is 6.03. The van der Waals surface area contributed by atoms with Crippen molar-refractivity contribution in [2.45, 2.75) is 40.3 Å². The molecule has 0 bridgehead atoms. The Balaban J connectivity index is 2.04. The molecule has 1 heteroatoms. The van der Waals surface area contributed by atoms with Crippen LogP contribution >= 0.6 is 0 Å². The van der Waals surface area contributed by atoms with Gasteiger partial charge in [-0.1, -0.05) is 48.0 Å². The van der Waals surface area contributed by atoms with Crippen LogP contribution in [0.5, 0.6) is 0 Å². The number of aryl methyl sites for hydroxylation is 3. The van der Waals surface area contributed by atoms with E-state index in [0.717, 1.165) is 6.54 Å². The van der Waals surface area contributed by atoms with E-state index in [2.05, 4.69) is 75.5 Å². The minimum Gasteiger partial charge on any atom is -0.306 e. The van der Waals surface area contributed by atoms with Crippen molar-refractivity contribution in [2.75, 3.05) is 0 Å². The molecule has 100 valence electrons. The zero-order valence-electron chi connectivity index (χ0n) is 12.3. The molecule has 1 N–H and O–H groups in total. The first kappa shape index (κ1) is 13.8. The highest BCUT2D eigenvalue weighted by Gasteiger charge is 2.07. The van der Waals surface area contributed by atoms with Crippen molar-refractivity contribution in [2.24, 2.45) is 0 Å². The number of rotatable bonds is 4. The van der Waals surface area contributed by atoms with Crippen molar-refractivity contribution >= 4 is 0 Å². The molecular weight excluding hydrogens is 230 g/mol. The molecule has 2 aromatic rings. The van der Waals surface area contributed by atoms with Crippen LogP contribution in [0.1, 0.15) is 40.8 Å². The van der Waals surface area contributed by atoms with Crippen molar-refractivity contribution in [3.05, 3.63) is 70.3 Å². The summed E-state index contributed by atoms with van der Waals surface area (Å²) in [6, 6.07) is 15.6. The molecule has 2 aromatic carbocycles. The Morgan fingerprint density at radius 1 is 0.947 bits per heavy atom. The molecule has 0 radical (unpaired) electrons. The SMILES string of the molecule is Cc1ccc(CN[C@@H](C)c2ccccc2C)c(C)c1. The van der Waals surface area contributed by atoms with Gasteiger partial charge in [0.15, 0.2) is 0 Å². The van der Waals surface area contributed by atoms with Gasteiger partial charge in [0.2, 0.25) is 0 Å². The van der Waals surface area contributed by atoms with Gasteiger partial charge in [-0.05, 0) is 49.9 Å². The van der Waals surface area contributed by atoms with E-state index in [1.165, 1.54) is 27.8 Å². The number of hydrogen-bond acceptors (Lipinski definition) is 1. The lowest BCUT2D eigenvalue weighted by atomic mass is 10.0. The van der Waals surface area contributed by atoms with Crippen molar-refractivity contribution in [1.29, 1.82) is 0 Å². The van der Waals surface area contributed by atoms with E-state index >= 15 is 0 Å². The quantitative estimate of drug-likeness (QED) is 0.848. The fourth-order valence-electron chi connectivity index (χ4n) is 2.49. The second-order valence-corrected chi connectivity index (χ2v) is 5.39. The molecular formula is C18H23N. The summed E-state index contributed by atoms with van der Waals surface area (Å²) in [6.07, 6.45) is 0. The van der Waals surface area contributed by atoms with Crippen LogP contribution in [0.25, 0.3) is 0 Å². The van der Waals surface area contributed by atoms with Crippen LogP contribution in [0, 0.1) is 20.8 Å². The smallest absolute Gasteiger partial charge is 0.0297 e. The van der Waals surface area contributed by atoms with Gasteiger partial charge in [-0.25, -0.2) is 0 Å². The van der Waals surface area contributed by atoms with Crippen LogP contribution in [-0.4, -0.2) is 0 Å². The second-order valence-electron chi connectivity index (χ2n) is 5.39. The standard InChI is InChI=1S/C18H23N/c1-13-9-10-17(15(3)11-13)12-19-16(4)18-8-6-5-7-14(18)2/h5-11,16,19H,12H2,1-4H3/t16-/m0/s1. The van der Waals surface area contributed by atoms with Gasteiger partial charge in [0.05, 0.1) is 0 Å². The average molecular weight is 253 g/mol. The van der Waals surface area contributed by atoms with Crippen LogP contribution in [0.3, 0.4) is 0 Å². The Morgan fingerprint density at radius 2 is 1.68 bits per heavy atom. The third-order valence-electron chi connectivity index (χ3n) is 3.75. The minimum absolute atomic E-state index is 0.377. The molecule has 0 fully saturated rings. The number of benzene rings is 2. The van der Waals surface area contributed by atoms with Gasteiger partial charge in [0.25, 0.3) is 0 Å². The lowest BCUT2D eigenvalue weighted by molar-refractivity contribution is 0.571. The van der Waals surface area contributed by atoms with Crippen LogP contribution in [-0.2, 0) is 6.54 Å².